The van der Waals surface area contributed by atoms with E-state index in [2.05, 4.69) is 0 Å². The van der Waals surface area contributed by atoms with Crippen LogP contribution in [0.4, 0.5) is 4.79 Å². The zero-order chi connectivity index (χ0) is 20.0. The monoisotopic (exact) mass is 393 g/mol. The fourth-order valence-electron chi connectivity index (χ4n) is 2.31. The number of esters is 1. The number of thioether (sulfide) groups is 1. The first-order chi connectivity index (χ1) is 12.9. The van der Waals surface area contributed by atoms with Gasteiger partial charge in [0.15, 0.2) is 11.5 Å². The van der Waals surface area contributed by atoms with Crippen molar-refractivity contribution < 1.29 is 28.6 Å². The largest absolute Gasteiger partial charge is 0.493 e. The molecule has 0 N–H and O–H groups in total. The van der Waals surface area contributed by atoms with E-state index in [1.165, 1.54) is 7.11 Å². The Labute approximate surface area is 162 Å². The Morgan fingerprint density at radius 2 is 2.00 bits per heavy atom. The highest BCUT2D eigenvalue weighted by Gasteiger charge is 2.36. The third-order valence-electron chi connectivity index (χ3n) is 3.85. The molecular weight excluding hydrogens is 370 g/mol. The molecule has 27 heavy (non-hydrogen) atoms. The summed E-state index contributed by atoms with van der Waals surface area (Å²) in [5.41, 5.74) is 0.683. The smallest absolute Gasteiger partial charge is 0.326 e. The van der Waals surface area contributed by atoms with Gasteiger partial charge in [-0.15, -0.1) is 0 Å². The van der Waals surface area contributed by atoms with E-state index in [0.29, 0.717) is 30.1 Å². The maximum atomic E-state index is 12.5. The van der Waals surface area contributed by atoms with Crippen LogP contribution in [0, 0.1) is 0 Å². The van der Waals surface area contributed by atoms with Crippen LogP contribution >= 0.6 is 11.8 Å². The van der Waals surface area contributed by atoms with Crippen LogP contribution in [0.5, 0.6) is 11.5 Å². The molecule has 0 unspecified atom stereocenters. The fourth-order valence-corrected chi connectivity index (χ4v) is 3.15. The van der Waals surface area contributed by atoms with Gasteiger partial charge in [0.2, 0.25) is 0 Å². The maximum absolute atomic E-state index is 12.5. The lowest BCUT2D eigenvalue weighted by molar-refractivity contribution is -0.150. The molecule has 2 rings (SSSR count). The number of hydrogen-bond acceptors (Lipinski definition) is 7. The van der Waals surface area contributed by atoms with Crippen LogP contribution in [0.1, 0.15) is 32.8 Å². The molecular formula is C19H23NO6S. The first kappa shape index (κ1) is 20.8. The SMILES string of the molecule is CCOc1ccc(/C=C2/SC(=O)N(CC(=O)O[C@@H](C)CC)C2=O)cc1OC. The van der Waals surface area contributed by atoms with Crippen molar-refractivity contribution in [3.8, 4) is 11.5 Å². The van der Waals surface area contributed by atoms with Gasteiger partial charge in [0.05, 0.1) is 24.7 Å². The number of amides is 2. The van der Waals surface area contributed by atoms with E-state index in [4.69, 9.17) is 14.2 Å². The fraction of sp³-hybridized carbons (Fsp3) is 0.421. The standard InChI is InChI=1S/C19H23NO6S/c1-5-12(3)26-17(21)11-20-18(22)16(27-19(20)23)10-13-7-8-14(25-6-2)15(9-13)24-4/h7-10,12H,5-6,11H2,1-4H3/b16-10+/t12-/m0/s1. The third kappa shape index (κ3) is 5.26. The molecule has 0 spiro atoms. The Morgan fingerprint density at radius 3 is 2.63 bits per heavy atom. The zero-order valence-electron chi connectivity index (χ0n) is 15.8. The molecule has 146 valence electrons. The maximum Gasteiger partial charge on any atom is 0.326 e. The van der Waals surface area contributed by atoms with Gasteiger partial charge in [0.25, 0.3) is 11.1 Å². The summed E-state index contributed by atoms with van der Waals surface area (Å²) in [5.74, 6) is 0.00888. The van der Waals surface area contributed by atoms with Crippen LogP contribution in [0.25, 0.3) is 6.08 Å². The van der Waals surface area contributed by atoms with Crippen molar-refractivity contribution in [3.63, 3.8) is 0 Å². The van der Waals surface area contributed by atoms with Crippen LogP contribution in [0.3, 0.4) is 0 Å². The van der Waals surface area contributed by atoms with Gasteiger partial charge >= 0.3 is 5.97 Å². The molecule has 1 aromatic carbocycles. The van der Waals surface area contributed by atoms with Crippen molar-refractivity contribution in [2.75, 3.05) is 20.3 Å². The first-order valence-electron chi connectivity index (χ1n) is 8.65. The highest BCUT2D eigenvalue weighted by atomic mass is 32.2. The van der Waals surface area contributed by atoms with Crippen molar-refractivity contribution in [1.29, 1.82) is 0 Å². The van der Waals surface area contributed by atoms with Crippen molar-refractivity contribution >= 4 is 35.0 Å². The molecule has 7 nitrogen and oxygen atoms in total. The molecule has 1 aliphatic heterocycles. The summed E-state index contributed by atoms with van der Waals surface area (Å²) < 4.78 is 15.9. The van der Waals surface area contributed by atoms with E-state index >= 15 is 0 Å². The number of ether oxygens (including phenoxy) is 3. The van der Waals surface area contributed by atoms with E-state index in [1.807, 2.05) is 13.8 Å². The number of methoxy groups -OCH3 is 1. The third-order valence-corrected chi connectivity index (χ3v) is 4.76. The Kier molecular flexibility index (Phi) is 7.29. The highest BCUT2D eigenvalue weighted by Crippen LogP contribution is 2.34. The summed E-state index contributed by atoms with van der Waals surface area (Å²) >= 11 is 0.790. The minimum absolute atomic E-state index is 0.238. The van der Waals surface area contributed by atoms with E-state index in [1.54, 1.807) is 31.2 Å². The van der Waals surface area contributed by atoms with E-state index in [9.17, 15) is 14.4 Å². The number of benzene rings is 1. The number of imide groups is 1. The summed E-state index contributed by atoms with van der Waals surface area (Å²) in [7, 11) is 1.53. The Balaban J connectivity index is 2.14. The second-order valence-corrected chi connectivity index (χ2v) is 6.81. The molecule has 0 saturated carbocycles. The summed E-state index contributed by atoms with van der Waals surface area (Å²) in [5, 5.41) is -0.495. The van der Waals surface area contributed by atoms with E-state index in [0.717, 1.165) is 16.7 Å². The van der Waals surface area contributed by atoms with Crippen LogP contribution in [0.15, 0.2) is 23.1 Å². The summed E-state index contributed by atoms with van der Waals surface area (Å²) in [6.07, 6.45) is 1.99. The van der Waals surface area contributed by atoms with E-state index in [-0.39, 0.29) is 17.6 Å². The first-order valence-corrected chi connectivity index (χ1v) is 9.46. The molecule has 1 aromatic rings. The van der Waals surface area contributed by atoms with Gasteiger partial charge in [0.1, 0.15) is 6.54 Å². The predicted molar refractivity (Wildman–Crippen MR) is 103 cm³/mol. The molecule has 0 radical (unpaired) electrons. The van der Waals surface area contributed by atoms with Gasteiger partial charge in [0, 0.05) is 0 Å². The molecule has 0 aliphatic carbocycles. The van der Waals surface area contributed by atoms with Gasteiger partial charge in [-0.25, -0.2) is 0 Å². The molecule has 0 bridgehead atoms. The lowest BCUT2D eigenvalue weighted by Crippen LogP contribution is -2.35. The molecule has 2 amide bonds. The van der Waals surface area contributed by atoms with Gasteiger partial charge in [-0.05, 0) is 55.8 Å². The Hall–Kier alpha value is -2.48. The number of rotatable bonds is 8. The Bertz CT molecular complexity index is 761. The van der Waals surface area contributed by atoms with E-state index < -0.39 is 17.1 Å². The number of nitrogens with zero attached hydrogens (tertiary/aromatic N) is 1. The van der Waals surface area contributed by atoms with Crippen molar-refractivity contribution in [2.24, 2.45) is 0 Å². The normalized spacial score (nSPS) is 16.6. The van der Waals surface area contributed by atoms with Gasteiger partial charge in [-0.2, -0.15) is 0 Å². The zero-order valence-corrected chi connectivity index (χ0v) is 16.6. The molecule has 8 heteroatoms. The summed E-state index contributed by atoms with van der Waals surface area (Å²) in [6, 6.07) is 5.22. The predicted octanol–water partition coefficient (Wildman–Crippen LogP) is 3.47. The number of hydrogen-bond donors (Lipinski definition) is 0. The second-order valence-electron chi connectivity index (χ2n) is 5.82. The van der Waals surface area contributed by atoms with Gasteiger partial charge < -0.3 is 14.2 Å². The van der Waals surface area contributed by atoms with Crippen LogP contribution < -0.4 is 9.47 Å². The lowest BCUT2D eigenvalue weighted by atomic mass is 10.2. The lowest BCUT2D eigenvalue weighted by Gasteiger charge is -2.14. The van der Waals surface area contributed by atoms with Crippen LogP contribution in [-0.2, 0) is 14.3 Å². The molecule has 1 fully saturated rings. The second kappa shape index (κ2) is 9.45. The minimum atomic E-state index is -0.601. The van der Waals surface area contributed by atoms with Crippen LogP contribution in [-0.4, -0.2) is 48.4 Å². The van der Waals surface area contributed by atoms with Crippen LogP contribution in [0.2, 0.25) is 0 Å². The van der Waals surface area contributed by atoms with Crippen molar-refractivity contribution in [1.82, 2.24) is 4.90 Å². The quantitative estimate of drug-likeness (QED) is 0.494. The molecule has 1 saturated heterocycles. The average molecular weight is 393 g/mol. The average Bonchev–Trinajstić information content (AvgIpc) is 2.90. The van der Waals surface area contributed by atoms with Crippen molar-refractivity contribution in [3.05, 3.63) is 28.7 Å². The van der Waals surface area contributed by atoms with Crippen molar-refractivity contribution in [2.45, 2.75) is 33.3 Å². The Morgan fingerprint density at radius 1 is 1.26 bits per heavy atom. The minimum Gasteiger partial charge on any atom is -0.493 e. The topological polar surface area (TPSA) is 82.1 Å². The molecule has 1 atom stereocenters. The van der Waals surface area contributed by atoms with Gasteiger partial charge in [-0.1, -0.05) is 13.0 Å². The van der Waals surface area contributed by atoms with Gasteiger partial charge in [-0.3, -0.25) is 19.3 Å². The highest BCUT2D eigenvalue weighted by molar-refractivity contribution is 8.18. The summed E-state index contributed by atoms with van der Waals surface area (Å²) in [4.78, 5) is 37.6. The number of carbonyl (C=O) groups is 3. The summed E-state index contributed by atoms with van der Waals surface area (Å²) in [6.45, 7) is 5.62. The molecule has 1 aliphatic rings. The molecule has 0 aromatic heterocycles. The number of carbonyl (C=O) groups excluding carboxylic acids is 3. The molecule has 1 heterocycles.